The molecule has 2 N–H and O–H groups in total. The highest BCUT2D eigenvalue weighted by Crippen LogP contribution is 2.36. The van der Waals surface area contributed by atoms with Crippen LogP contribution in [0.1, 0.15) is 27.7 Å². The third-order valence-electron chi connectivity index (χ3n) is 3.80. The number of ether oxygens (including phenoxy) is 1. The van der Waals surface area contributed by atoms with Crippen molar-refractivity contribution in [3.63, 3.8) is 0 Å². The molecule has 2 heterocycles. The van der Waals surface area contributed by atoms with Gasteiger partial charge in [-0.1, -0.05) is 23.2 Å². The van der Waals surface area contributed by atoms with Crippen molar-refractivity contribution in [1.82, 2.24) is 15.2 Å². The highest BCUT2D eigenvalue weighted by atomic mass is 35.5. The van der Waals surface area contributed by atoms with Gasteiger partial charge in [0, 0.05) is 22.8 Å². The van der Waals surface area contributed by atoms with Gasteiger partial charge in [0.05, 0.1) is 27.5 Å². The lowest BCUT2D eigenvalue weighted by Crippen LogP contribution is -2.34. The quantitative estimate of drug-likeness (QED) is 0.590. The highest BCUT2D eigenvalue weighted by molar-refractivity contribution is 6.45. The molecule has 0 saturated heterocycles. The number of carbonyl (C=O) groups is 1. The number of aromatic nitrogens is 3. The zero-order chi connectivity index (χ0) is 19.8. The maximum Gasteiger partial charge on any atom is 0.328 e. The molecule has 0 aliphatic heterocycles. The molecule has 0 bridgehead atoms. The van der Waals surface area contributed by atoms with Gasteiger partial charge in [-0.25, -0.2) is 9.78 Å². The van der Waals surface area contributed by atoms with E-state index in [1.165, 1.54) is 0 Å². The van der Waals surface area contributed by atoms with E-state index in [4.69, 9.17) is 27.9 Å². The molecule has 0 amide bonds. The van der Waals surface area contributed by atoms with Crippen LogP contribution in [-0.2, 0) is 9.53 Å². The average molecular weight is 407 g/mol. The van der Waals surface area contributed by atoms with Crippen molar-refractivity contribution >= 4 is 45.8 Å². The first kappa shape index (κ1) is 19.5. The molecular weight excluding hydrogens is 387 g/mol. The topological polar surface area (TPSA) is 79.9 Å². The van der Waals surface area contributed by atoms with Crippen molar-refractivity contribution in [2.24, 2.45) is 0 Å². The van der Waals surface area contributed by atoms with E-state index < -0.39 is 11.6 Å². The van der Waals surface area contributed by atoms with Crippen LogP contribution in [0.25, 0.3) is 22.2 Å². The molecule has 0 saturated carbocycles. The summed E-state index contributed by atoms with van der Waals surface area (Å²) >= 11 is 12.5. The molecule has 0 aliphatic rings. The summed E-state index contributed by atoms with van der Waals surface area (Å²) in [5.74, 6) is -0.350. The van der Waals surface area contributed by atoms with Crippen LogP contribution in [0.2, 0.25) is 10.0 Å². The summed E-state index contributed by atoms with van der Waals surface area (Å²) in [5.41, 5.74) is 2.13. The summed E-state index contributed by atoms with van der Waals surface area (Å²) in [6.07, 6.45) is 3.39. The first-order valence-electron chi connectivity index (χ1n) is 8.43. The number of carbonyl (C=O) groups excluding carboxylic acids is 1. The summed E-state index contributed by atoms with van der Waals surface area (Å²) in [7, 11) is 0. The van der Waals surface area contributed by atoms with Crippen LogP contribution in [0.4, 0.5) is 5.69 Å². The summed E-state index contributed by atoms with van der Waals surface area (Å²) in [4.78, 5) is 17.0. The van der Waals surface area contributed by atoms with Gasteiger partial charge < -0.3 is 10.1 Å². The minimum Gasteiger partial charge on any atom is -0.458 e. The highest BCUT2D eigenvalue weighted by Gasteiger charge is 2.23. The fraction of sp³-hybridized carbons (Fsp3) is 0.316. The van der Waals surface area contributed by atoms with Gasteiger partial charge in [0.25, 0.3) is 0 Å². The second-order valence-corrected chi connectivity index (χ2v) is 7.98. The normalized spacial score (nSPS) is 12.8. The zero-order valence-electron chi connectivity index (χ0n) is 15.4. The van der Waals surface area contributed by atoms with E-state index in [-0.39, 0.29) is 5.97 Å². The zero-order valence-corrected chi connectivity index (χ0v) is 16.9. The third-order valence-corrected chi connectivity index (χ3v) is 4.59. The molecule has 27 heavy (non-hydrogen) atoms. The molecule has 0 aliphatic carbocycles. The van der Waals surface area contributed by atoms with Crippen LogP contribution in [-0.4, -0.2) is 32.8 Å². The van der Waals surface area contributed by atoms with Crippen LogP contribution in [0.5, 0.6) is 0 Å². The molecule has 0 radical (unpaired) electrons. The number of rotatable bonds is 4. The fourth-order valence-electron chi connectivity index (χ4n) is 2.57. The van der Waals surface area contributed by atoms with Crippen LogP contribution in [0.3, 0.4) is 0 Å². The summed E-state index contributed by atoms with van der Waals surface area (Å²) in [5, 5.41) is 11.5. The van der Waals surface area contributed by atoms with Crippen molar-refractivity contribution in [2.75, 3.05) is 5.32 Å². The number of anilines is 1. The fourth-order valence-corrected chi connectivity index (χ4v) is 2.93. The van der Waals surface area contributed by atoms with Gasteiger partial charge in [0.15, 0.2) is 0 Å². The Morgan fingerprint density at radius 2 is 2.04 bits per heavy atom. The van der Waals surface area contributed by atoms with Gasteiger partial charge in [-0.3, -0.25) is 5.10 Å². The standard InChI is InChI=1S/C19H20Cl2N4O2/c1-10(18(26)27-19(2,3)4)24-15-7-14(11-8-22-23-9-11)25-17-12(15)5-6-13(20)16(17)21/h5-10H,1-4H3,(H,22,23)(H,24,25)/t10-/m1/s1. The number of hydrogen-bond donors (Lipinski definition) is 2. The van der Waals surface area contributed by atoms with Crippen molar-refractivity contribution in [1.29, 1.82) is 0 Å². The van der Waals surface area contributed by atoms with Crippen LogP contribution >= 0.6 is 23.2 Å². The Hall–Kier alpha value is -2.31. The number of fused-ring (bicyclic) bond motifs is 1. The molecule has 3 rings (SSSR count). The molecule has 142 valence electrons. The van der Waals surface area contributed by atoms with Gasteiger partial charge in [0.2, 0.25) is 0 Å². The minimum absolute atomic E-state index is 0.350. The van der Waals surface area contributed by atoms with Crippen molar-refractivity contribution < 1.29 is 9.53 Å². The molecule has 2 aromatic heterocycles. The number of aromatic amines is 1. The molecule has 8 heteroatoms. The number of hydrogen-bond acceptors (Lipinski definition) is 5. The van der Waals surface area contributed by atoms with E-state index in [1.807, 2.05) is 32.9 Å². The Balaban J connectivity index is 2.05. The first-order valence-corrected chi connectivity index (χ1v) is 9.18. The summed E-state index contributed by atoms with van der Waals surface area (Å²) < 4.78 is 5.45. The lowest BCUT2D eigenvalue weighted by molar-refractivity contribution is -0.155. The van der Waals surface area contributed by atoms with E-state index in [1.54, 1.807) is 25.4 Å². The smallest absolute Gasteiger partial charge is 0.328 e. The lowest BCUT2D eigenvalue weighted by Gasteiger charge is -2.23. The van der Waals surface area contributed by atoms with Gasteiger partial charge in [-0.05, 0) is 45.9 Å². The van der Waals surface area contributed by atoms with Crippen LogP contribution < -0.4 is 5.32 Å². The van der Waals surface area contributed by atoms with Crippen molar-refractivity contribution in [3.8, 4) is 11.3 Å². The maximum absolute atomic E-state index is 12.4. The van der Waals surface area contributed by atoms with Gasteiger partial charge >= 0.3 is 5.97 Å². The summed E-state index contributed by atoms with van der Waals surface area (Å²) in [6.45, 7) is 7.24. The molecule has 0 spiro atoms. The Morgan fingerprint density at radius 1 is 1.30 bits per heavy atom. The predicted molar refractivity (Wildman–Crippen MR) is 108 cm³/mol. The van der Waals surface area contributed by atoms with Crippen molar-refractivity contribution in [2.45, 2.75) is 39.3 Å². The lowest BCUT2D eigenvalue weighted by atomic mass is 10.1. The van der Waals surface area contributed by atoms with E-state index in [0.29, 0.717) is 26.9 Å². The summed E-state index contributed by atoms with van der Waals surface area (Å²) in [6, 6.07) is 4.80. The number of halogens is 2. The SMILES string of the molecule is C[C@@H](Nc1cc(-c2cn[nH]c2)nc2c(Cl)c(Cl)ccc12)C(=O)OC(C)(C)C. The third kappa shape index (κ3) is 4.34. The molecule has 0 fully saturated rings. The second-order valence-electron chi connectivity index (χ2n) is 7.20. The minimum atomic E-state index is -0.568. The number of esters is 1. The number of benzene rings is 1. The molecule has 3 aromatic rings. The maximum atomic E-state index is 12.4. The predicted octanol–water partition coefficient (Wildman–Crippen LogP) is 5.07. The van der Waals surface area contributed by atoms with E-state index in [0.717, 1.165) is 10.9 Å². The van der Waals surface area contributed by atoms with Gasteiger partial charge in [-0.2, -0.15) is 5.10 Å². The van der Waals surface area contributed by atoms with E-state index >= 15 is 0 Å². The molecule has 1 atom stereocenters. The Morgan fingerprint density at radius 3 is 2.67 bits per heavy atom. The van der Waals surface area contributed by atoms with Crippen LogP contribution in [0.15, 0.2) is 30.6 Å². The van der Waals surface area contributed by atoms with E-state index in [2.05, 4.69) is 20.5 Å². The average Bonchev–Trinajstić information content (AvgIpc) is 3.11. The number of H-pyrrole nitrogens is 1. The Labute approximate surface area is 167 Å². The number of pyridine rings is 1. The largest absolute Gasteiger partial charge is 0.458 e. The van der Waals surface area contributed by atoms with Crippen molar-refractivity contribution in [3.05, 3.63) is 40.6 Å². The number of nitrogens with one attached hydrogen (secondary N) is 2. The van der Waals surface area contributed by atoms with Gasteiger partial charge in [-0.15, -0.1) is 0 Å². The molecular formula is C19H20Cl2N4O2. The van der Waals surface area contributed by atoms with Crippen LogP contribution in [0, 0.1) is 0 Å². The van der Waals surface area contributed by atoms with Gasteiger partial charge in [0.1, 0.15) is 11.6 Å². The number of nitrogens with zero attached hydrogens (tertiary/aromatic N) is 2. The second kappa shape index (κ2) is 7.37. The molecule has 0 unspecified atom stereocenters. The monoisotopic (exact) mass is 406 g/mol. The Bertz CT molecular complexity index is 982. The van der Waals surface area contributed by atoms with E-state index in [9.17, 15) is 4.79 Å². The Kier molecular flexibility index (Phi) is 5.31. The molecule has 6 nitrogen and oxygen atoms in total. The first-order chi connectivity index (χ1) is 12.7. The molecule has 1 aromatic carbocycles.